The molecule has 0 bridgehead atoms. The molecule has 2 atom stereocenters. The van der Waals surface area contributed by atoms with E-state index in [-0.39, 0.29) is 12.5 Å². The van der Waals surface area contributed by atoms with Crippen molar-refractivity contribution in [3.63, 3.8) is 0 Å². The van der Waals surface area contributed by atoms with Gasteiger partial charge in [0, 0.05) is 12.5 Å². The third-order valence-corrected chi connectivity index (χ3v) is 3.48. The fourth-order valence-corrected chi connectivity index (χ4v) is 2.47. The first-order chi connectivity index (χ1) is 9.93. The van der Waals surface area contributed by atoms with Gasteiger partial charge in [-0.3, -0.25) is 4.79 Å². The maximum absolute atomic E-state index is 10.7. The van der Waals surface area contributed by atoms with E-state index in [4.69, 9.17) is 5.11 Å². The van der Waals surface area contributed by atoms with Crippen LogP contribution in [-0.2, 0) is 11.2 Å². The minimum absolute atomic E-state index is 0.0557. The first kappa shape index (κ1) is 17.7. The molecule has 118 valence electrons. The molecule has 1 aromatic rings. The van der Waals surface area contributed by atoms with Gasteiger partial charge in [-0.2, -0.15) is 0 Å². The minimum Gasteiger partial charge on any atom is -0.481 e. The van der Waals surface area contributed by atoms with E-state index in [9.17, 15) is 9.90 Å². The maximum Gasteiger partial charge on any atom is 0.303 e. The van der Waals surface area contributed by atoms with E-state index in [1.165, 1.54) is 5.56 Å². The van der Waals surface area contributed by atoms with E-state index >= 15 is 0 Å². The number of nitrogens with one attached hydrogen (secondary N) is 1. The fraction of sp³-hybridized carbons (Fsp3) is 0.588. The fourth-order valence-electron chi connectivity index (χ4n) is 2.47. The molecule has 2 unspecified atom stereocenters. The molecule has 21 heavy (non-hydrogen) atoms. The summed E-state index contributed by atoms with van der Waals surface area (Å²) in [6.45, 7) is 7.00. The van der Waals surface area contributed by atoms with Crippen molar-refractivity contribution < 1.29 is 15.0 Å². The molecule has 0 aliphatic carbocycles. The number of carboxylic acids is 1. The van der Waals surface area contributed by atoms with Crippen LogP contribution in [0.15, 0.2) is 24.3 Å². The molecular weight excluding hydrogens is 266 g/mol. The Balaban J connectivity index is 2.72. The Hall–Kier alpha value is -1.39. The second-order valence-electron chi connectivity index (χ2n) is 5.88. The van der Waals surface area contributed by atoms with Crippen LogP contribution in [0.4, 0.5) is 0 Å². The van der Waals surface area contributed by atoms with Crippen molar-refractivity contribution in [2.45, 2.75) is 52.2 Å². The molecule has 0 spiro atoms. The lowest BCUT2D eigenvalue weighted by atomic mass is 9.95. The van der Waals surface area contributed by atoms with Crippen molar-refractivity contribution in [3.05, 3.63) is 35.4 Å². The van der Waals surface area contributed by atoms with Crippen LogP contribution >= 0.6 is 0 Å². The van der Waals surface area contributed by atoms with Gasteiger partial charge in [0.15, 0.2) is 0 Å². The molecule has 4 nitrogen and oxygen atoms in total. The summed E-state index contributed by atoms with van der Waals surface area (Å²) in [5.74, 6) is -0.233. The summed E-state index contributed by atoms with van der Waals surface area (Å²) in [5, 5.41) is 22.4. The maximum atomic E-state index is 10.7. The van der Waals surface area contributed by atoms with Crippen LogP contribution in [0, 0.1) is 5.92 Å². The van der Waals surface area contributed by atoms with Gasteiger partial charge in [0.05, 0.1) is 6.10 Å². The van der Waals surface area contributed by atoms with Gasteiger partial charge in [-0.05, 0) is 36.4 Å². The number of carbonyl (C=O) groups is 1. The first-order valence-corrected chi connectivity index (χ1v) is 7.66. The van der Waals surface area contributed by atoms with Crippen molar-refractivity contribution in [2.24, 2.45) is 5.92 Å². The average Bonchev–Trinajstić information content (AvgIpc) is 2.42. The van der Waals surface area contributed by atoms with Gasteiger partial charge in [-0.25, -0.2) is 0 Å². The second-order valence-corrected chi connectivity index (χ2v) is 5.88. The van der Waals surface area contributed by atoms with Gasteiger partial charge in [0.1, 0.15) is 0 Å². The number of aliphatic carboxylic acids is 1. The molecule has 0 aliphatic rings. The Morgan fingerprint density at radius 1 is 1.24 bits per heavy atom. The monoisotopic (exact) mass is 293 g/mol. The van der Waals surface area contributed by atoms with E-state index in [1.807, 2.05) is 31.2 Å². The molecule has 0 heterocycles. The largest absolute Gasteiger partial charge is 0.481 e. The third kappa shape index (κ3) is 6.27. The van der Waals surface area contributed by atoms with Gasteiger partial charge in [-0.1, -0.05) is 45.0 Å². The van der Waals surface area contributed by atoms with Crippen molar-refractivity contribution in [2.75, 3.05) is 6.54 Å². The Morgan fingerprint density at radius 2 is 1.86 bits per heavy atom. The molecule has 0 fully saturated rings. The van der Waals surface area contributed by atoms with E-state index in [2.05, 4.69) is 19.2 Å². The van der Waals surface area contributed by atoms with Crippen LogP contribution in [0.3, 0.4) is 0 Å². The smallest absolute Gasteiger partial charge is 0.303 e. The van der Waals surface area contributed by atoms with Crippen LogP contribution in [0.2, 0.25) is 0 Å². The molecule has 0 aromatic heterocycles. The summed E-state index contributed by atoms with van der Waals surface area (Å²) in [5.41, 5.74) is 2.09. The Kier molecular flexibility index (Phi) is 7.40. The minimum atomic E-state index is -0.836. The highest BCUT2D eigenvalue weighted by molar-refractivity contribution is 5.66. The number of benzene rings is 1. The standard InChI is InChI=1S/C17H27NO3/c1-4-18-15(9-10-16(19)20)17(21)14-7-5-13(6-8-14)11-12(2)3/h5-8,12,15,17-18,21H,4,9-11H2,1-3H3,(H,19,20). The SMILES string of the molecule is CCNC(CCC(=O)O)C(O)c1ccc(CC(C)C)cc1. The molecule has 3 N–H and O–H groups in total. The predicted octanol–water partition coefficient (Wildman–Crippen LogP) is 2.76. The number of rotatable bonds is 9. The van der Waals surface area contributed by atoms with Gasteiger partial charge in [0.2, 0.25) is 0 Å². The van der Waals surface area contributed by atoms with E-state index in [0.717, 1.165) is 12.0 Å². The van der Waals surface area contributed by atoms with Gasteiger partial charge >= 0.3 is 5.97 Å². The van der Waals surface area contributed by atoms with Gasteiger partial charge in [-0.15, -0.1) is 0 Å². The van der Waals surface area contributed by atoms with E-state index < -0.39 is 12.1 Å². The quantitative estimate of drug-likeness (QED) is 0.655. The van der Waals surface area contributed by atoms with Gasteiger partial charge in [0.25, 0.3) is 0 Å². The number of aliphatic hydroxyl groups excluding tert-OH is 1. The van der Waals surface area contributed by atoms with E-state index in [0.29, 0.717) is 18.9 Å². The highest BCUT2D eigenvalue weighted by Gasteiger charge is 2.20. The third-order valence-electron chi connectivity index (χ3n) is 3.48. The molecule has 0 saturated carbocycles. The Morgan fingerprint density at radius 3 is 2.33 bits per heavy atom. The van der Waals surface area contributed by atoms with Crippen LogP contribution in [0.1, 0.15) is 50.8 Å². The number of aliphatic hydroxyl groups is 1. The summed E-state index contributed by atoms with van der Waals surface area (Å²) in [6.07, 6.45) is 0.807. The molecule has 0 saturated heterocycles. The highest BCUT2D eigenvalue weighted by atomic mass is 16.4. The molecule has 0 amide bonds. The molecular formula is C17H27NO3. The summed E-state index contributed by atoms with van der Waals surface area (Å²) in [6, 6.07) is 7.72. The predicted molar refractivity (Wildman–Crippen MR) is 84.3 cm³/mol. The zero-order valence-electron chi connectivity index (χ0n) is 13.2. The van der Waals surface area contributed by atoms with E-state index in [1.54, 1.807) is 0 Å². The molecule has 0 radical (unpaired) electrons. The Bertz CT molecular complexity index is 428. The highest BCUT2D eigenvalue weighted by Crippen LogP contribution is 2.21. The molecule has 1 aromatic carbocycles. The van der Waals surface area contributed by atoms with Crippen LogP contribution in [-0.4, -0.2) is 28.8 Å². The van der Waals surface area contributed by atoms with Crippen LogP contribution in [0.5, 0.6) is 0 Å². The molecule has 4 heteroatoms. The summed E-state index contributed by atoms with van der Waals surface area (Å²) in [7, 11) is 0. The average molecular weight is 293 g/mol. The summed E-state index contributed by atoms with van der Waals surface area (Å²) < 4.78 is 0. The number of likely N-dealkylation sites (N-methyl/N-ethyl adjacent to an activating group) is 1. The van der Waals surface area contributed by atoms with Crippen molar-refractivity contribution in [3.8, 4) is 0 Å². The summed E-state index contributed by atoms with van der Waals surface area (Å²) >= 11 is 0. The lowest BCUT2D eigenvalue weighted by Crippen LogP contribution is -2.35. The summed E-state index contributed by atoms with van der Waals surface area (Å²) in [4.78, 5) is 10.7. The lowest BCUT2D eigenvalue weighted by Gasteiger charge is -2.24. The normalized spacial score (nSPS) is 14.1. The number of carboxylic acid groups (broad SMARTS) is 1. The zero-order valence-corrected chi connectivity index (χ0v) is 13.2. The van der Waals surface area contributed by atoms with Crippen molar-refractivity contribution in [1.29, 1.82) is 0 Å². The molecule has 0 aliphatic heterocycles. The van der Waals surface area contributed by atoms with Crippen molar-refractivity contribution >= 4 is 5.97 Å². The topological polar surface area (TPSA) is 69.6 Å². The number of hydrogen-bond donors (Lipinski definition) is 3. The van der Waals surface area contributed by atoms with Crippen LogP contribution in [0.25, 0.3) is 0 Å². The second kappa shape index (κ2) is 8.80. The Labute approximate surface area is 127 Å². The van der Waals surface area contributed by atoms with Gasteiger partial charge < -0.3 is 15.5 Å². The van der Waals surface area contributed by atoms with Crippen molar-refractivity contribution in [1.82, 2.24) is 5.32 Å². The zero-order chi connectivity index (χ0) is 15.8. The van der Waals surface area contributed by atoms with Crippen LogP contribution < -0.4 is 5.32 Å². The lowest BCUT2D eigenvalue weighted by molar-refractivity contribution is -0.137. The number of hydrogen-bond acceptors (Lipinski definition) is 3. The first-order valence-electron chi connectivity index (χ1n) is 7.66. The molecule has 1 rings (SSSR count).